The number of fused-ring (bicyclic) bond motifs is 1. The Balaban J connectivity index is 1.76. The first-order valence-electron chi connectivity index (χ1n) is 8.84. The zero-order valence-electron chi connectivity index (χ0n) is 15.2. The zero-order valence-corrected chi connectivity index (χ0v) is 15.2. The van der Waals surface area contributed by atoms with Crippen LogP contribution in [0.2, 0.25) is 0 Å². The van der Waals surface area contributed by atoms with E-state index in [1.807, 2.05) is 35.0 Å². The Labute approximate surface area is 156 Å². The maximum absolute atomic E-state index is 13.6. The van der Waals surface area contributed by atoms with Crippen LogP contribution in [0.1, 0.15) is 30.0 Å². The fourth-order valence-corrected chi connectivity index (χ4v) is 3.35. The summed E-state index contributed by atoms with van der Waals surface area (Å²) < 4.78 is 17.7. The summed E-state index contributed by atoms with van der Waals surface area (Å²) >= 11 is 0. The van der Waals surface area contributed by atoms with E-state index >= 15 is 0 Å². The Hall–Kier alpha value is -3.28. The first kappa shape index (κ1) is 17.1. The van der Waals surface area contributed by atoms with Gasteiger partial charge in [-0.15, -0.1) is 0 Å². The molecule has 4 aromatic rings. The Morgan fingerprint density at radius 2 is 2.04 bits per heavy atom. The molecule has 0 aliphatic rings. The average Bonchev–Trinajstić information content (AvgIpc) is 3.25. The van der Waals surface area contributed by atoms with Gasteiger partial charge in [-0.2, -0.15) is 0 Å². The molecule has 0 radical (unpaired) electrons. The molecule has 0 N–H and O–H groups in total. The van der Waals surface area contributed by atoms with Gasteiger partial charge in [0.25, 0.3) is 0 Å². The highest BCUT2D eigenvalue weighted by molar-refractivity contribution is 5.97. The average molecular weight is 362 g/mol. The highest BCUT2D eigenvalue weighted by Gasteiger charge is 2.14. The van der Waals surface area contributed by atoms with Crippen LogP contribution in [0.15, 0.2) is 54.9 Å². The molecule has 4 rings (SSSR count). The second-order valence-corrected chi connectivity index (χ2v) is 6.42. The summed E-state index contributed by atoms with van der Waals surface area (Å²) in [5.74, 6) is 1.28. The SMILES string of the molecule is CCn1c(Cn2ccnc2-c2cccc(F)c2)nc2cc(C(C)=O)ccc21. The third-order valence-corrected chi connectivity index (χ3v) is 4.66. The molecule has 0 atom stereocenters. The van der Waals surface area contributed by atoms with Crippen LogP contribution in [0.25, 0.3) is 22.4 Å². The van der Waals surface area contributed by atoms with Crippen molar-refractivity contribution in [3.63, 3.8) is 0 Å². The number of rotatable bonds is 5. The van der Waals surface area contributed by atoms with E-state index in [4.69, 9.17) is 4.98 Å². The fraction of sp³-hybridized carbons (Fsp3) is 0.190. The van der Waals surface area contributed by atoms with Crippen LogP contribution < -0.4 is 0 Å². The van der Waals surface area contributed by atoms with E-state index in [1.54, 1.807) is 19.2 Å². The van der Waals surface area contributed by atoms with E-state index in [2.05, 4.69) is 16.5 Å². The number of nitrogens with zero attached hydrogens (tertiary/aromatic N) is 4. The lowest BCUT2D eigenvalue weighted by molar-refractivity contribution is 0.101. The Morgan fingerprint density at radius 3 is 2.78 bits per heavy atom. The molecule has 0 amide bonds. The minimum Gasteiger partial charge on any atom is -0.327 e. The summed E-state index contributed by atoms with van der Waals surface area (Å²) in [6, 6.07) is 12.0. The summed E-state index contributed by atoms with van der Waals surface area (Å²) in [7, 11) is 0. The van der Waals surface area contributed by atoms with Crippen molar-refractivity contribution < 1.29 is 9.18 Å². The Morgan fingerprint density at radius 1 is 1.19 bits per heavy atom. The van der Waals surface area contributed by atoms with Gasteiger partial charge in [0.1, 0.15) is 17.5 Å². The van der Waals surface area contributed by atoms with Crippen LogP contribution in [-0.2, 0) is 13.1 Å². The van der Waals surface area contributed by atoms with Gasteiger partial charge in [0.05, 0.1) is 17.6 Å². The minimum absolute atomic E-state index is 0.0208. The molecule has 0 aliphatic heterocycles. The molecular formula is C21H19FN4O. The maximum atomic E-state index is 13.6. The Bertz CT molecular complexity index is 1140. The van der Waals surface area contributed by atoms with Crippen molar-refractivity contribution in [3.05, 3.63) is 72.1 Å². The van der Waals surface area contributed by atoms with Gasteiger partial charge in [0.15, 0.2) is 5.78 Å². The summed E-state index contributed by atoms with van der Waals surface area (Å²) in [4.78, 5) is 20.8. The number of halogens is 1. The first-order chi connectivity index (χ1) is 13.1. The molecule has 0 spiro atoms. The second-order valence-electron chi connectivity index (χ2n) is 6.42. The van der Waals surface area contributed by atoms with Crippen molar-refractivity contribution in [2.45, 2.75) is 26.9 Å². The fourth-order valence-electron chi connectivity index (χ4n) is 3.35. The molecule has 5 nitrogen and oxygen atoms in total. The summed E-state index contributed by atoms with van der Waals surface area (Å²) in [5.41, 5.74) is 3.16. The number of imidazole rings is 2. The standard InChI is InChI=1S/C21H19FN4O/c1-3-26-19-8-7-15(14(2)27)12-18(19)24-20(26)13-25-10-9-23-21(25)16-5-4-6-17(22)11-16/h4-12H,3,13H2,1-2H3. The predicted molar refractivity (Wildman–Crippen MR) is 102 cm³/mol. The lowest BCUT2D eigenvalue weighted by Gasteiger charge is -2.10. The molecule has 2 aromatic heterocycles. The van der Waals surface area contributed by atoms with E-state index in [0.29, 0.717) is 17.9 Å². The van der Waals surface area contributed by atoms with Crippen LogP contribution in [0.3, 0.4) is 0 Å². The van der Waals surface area contributed by atoms with Gasteiger partial charge in [0, 0.05) is 30.1 Å². The molecule has 0 saturated heterocycles. The lowest BCUT2D eigenvalue weighted by Crippen LogP contribution is -2.08. The molecule has 6 heteroatoms. The molecule has 2 aromatic carbocycles. The maximum Gasteiger partial charge on any atom is 0.159 e. The van der Waals surface area contributed by atoms with E-state index in [9.17, 15) is 9.18 Å². The topological polar surface area (TPSA) is 52.7 Å². The van der Waals surface area contributed by atoms with Gasteiger partial charge >= 0.3 is 0 Å². The highest BCUT2D eigenvalue weighted by atomic mass is 19.1. The monoisotopic (exact) mass is 362 g/mol. The van der Waals surface area contributed by atoms with Crippen molar-refractivity contribution in [1.29, 1.82) is 0 Å². The molecule has 27 heavy (non-hydrogen) atoms. The van der Waals surface area contributed by atoms with E-state index in [0.717, 1.165) is 29.0 Å². The molecule has 0 saturated carbocycles. The van der Waals surface area contributed by atoms with Crippen LogP contribution in [0, 0.1) is 5.82 Å². The number of benzene rings is 2. The van der Waals surface area contributed by atoms with Gasteiger partial charge in [0.2, 0.25) is 0 Å². The molecule has 0 bridgehead atoms. The summed E-state index contributed by atoms with van der Waals surface area (Å²) in [6.45, 7) is 4.87. The number of aromatic nitrogens is 4. The molecular weight excluding hydrogens is 343 g/mol. The molecule has 2 heterocycles. The van der Waals surface area contributed by atoms with Crippen molar-refractivity contribution >= 4 is 16.8 Å². The first-order valence-corrected chi connectivity index (χ1v) is 8.84. The lowest BCUT2D eigenvalue weighted by atomic mass is 10.1. The number of aryl methyl sites for hydroxylation is 1. The number of hydrogen-bond donors (Lipinski definition) is 0. The van der Waals surface area contributed by atoms with Gasteiger partial charge in [-0.05, 0) is 44.2 Å². The van der Waals surface area contributed by atoms with Crippen molar-refractivity contribution in [2.24, 2.45) is 0 Å². The van der Waals surface area contributed by atoms with Crippen molar-refractivity contribution in [3.8, 4) is 11.4 Å². The number of carbonyl (C=O) groups is 1. The second kappa shape index (κ2) is 6.79. The van der Waals surface area contributed by atoms with Gasteiger partial charge in [-0.1, -0.05) is 12.1 Å². The van der Waals surface area contributed by atoms with E-state index in [-0.39, 0.29) is 11.6 Å². The number of Topliss-reactive ketones (excluding diaryl/α,β-unsaturated/α-hetero) is 1. The third-order valence-electron chi connectivity index (χ3n) is 4.66. The molecule has 0 fully saturated rings. The van der Waals surface area contributed by atoms with E-state index < -0.39 is 0 Å². The molecule has 136 valence electrons. The van der Waals surface area contributed by atoms with Crippen molar-refractivity contribution in [1.82, 2.24) is 19.1 Å². The van der Waals surface area contributed by atoms with Crippen LogP contribution >= 0.6 is 0 Å². The van der Waals surface area contributed by atoms with Gasteiger partial charge in [-0.25, -0.2) is 14.4 Å². The third kappa shape index (κ3) is 3.14. The minimum atomic E-state index is -0.292. The van der Waals surface area contributed by atoms with Crippen LogP contribution in [0.4, 0.5) is 4.39 Å². The van der Waals surface area contributed by atoms with Gasteiger partial charge in [-0.3, -0.25) is 4.79 Å². The largest absolute Gasteiger partial charge is 0.327 e. The quantitative estimate of drug-likeness (QED) is 0.497. The summed E-state index contributed by atoms with van der Waals surface area (Å²) in [5, 5.41) is 0. The van der Waals surface area contributed by atoms with Crippen LogP contribution in [0.5, 0.6) is 0 Å². The van der Waals surface area contributed by atoms with Crippen molar-refractivity contribution in [2.75, 3.05) is 0 Å². The molecule has 0 unspecified atom stereocenters. The van der Waals surface area contributed by atoms with Gasteiger partial charge < -0.3 is 9.13 Å². The number of ketones is 1. The van der Waals surface area contributed by atoms with Crippen LogP contribution in [-0.4, -0.2) is 24.9 Å². The normalized spacial score (nSPS) is 11.2. The predicted octanol–water partition coefficient (Wildman–Crippen LogP) is 4.31. The Kier molecular flexibility index (Phi) is 4.32. The molecule has 0 aliphatic carbocycles. The number of carbonyl (C=O) groups excluding carboxylic acids is 1. The zero-order chi connectivity index (χ0) is 19.0. The smallest absolute Gasteiger partial charge is 0.159 e. The highest BCUT2D eigenvalue weighted by Crippen LogP contribution is 2.22. The number of hydrogen-bond acceptors (Lipinski definition) is 3. The summed E-state index contributed by atoms with van der Waals surface area (Å²) in [6.07, 6.45) is 3.56. The van der Waals surface area contributed by atoms with E-state index in [1.165, 1.54) is 12.1 Å².